The Balaban J connectivity index is 1.93. The average Bonchev–Trinajstić information content (AvgIpc) is 3.33. The highest BCUT2D eigenvalue weighted by molar-refractivity contribution is 7.90. The van der Waals surface area contributed by atoms with E-state index in [1.165, 1.54) is 0 Å². The van der Waals surface area contributed by atoms with E-state index in [9.17, 15) is 13.2 Å². The van der Waals surface area contributed by atoms with Crippen LogP contribution >= 0.6 is 11.6 Å². The topological polar surface area (TPSA) is 80.5 Å². The first-order valence-electron chi connectivity index (χ1n) is 8.21. The second kappa shape index (κ2) is 8.32. The minimum Gasteiger partial charge on any atom is -0.341 e. The molecule has 1 aliphatic rings. The number of sulfone groups is 1. The van der Waals surface area contributed by atoms with Crippen molar-refractivity contribution < 1.29 is 13.2 Å². The third-order valence-corrected chi connectivity index (χ3v) is 5.42. The molecule has 2 rings (SSSR count). The van der Waals surface area contributed by atoms with E-state index >= 15 is 0 Å². The number of hydrogen-bond donors (Lipinski definition) is 1. The zero-order valence-electron chi connectivity index (χ0n) is 13.9. The third-order valence-electron chi connectivity index (χ3n) is 4.19. The summed E-state index contributed by atoms with van der Waals surface area (Å²) in [5.74, 6) is 0.342. The van der Waals surface area contributed by atoms with Gasteiger partial charge in [-0.2, -0.15) is 0 Å². The van der Waals surface area contributed by atoms with Crippen molar-refractivity contribution >= 4 is 27.3 Å². The number of hydrogen-bond acceptors (Lipinski definition) is 4. The number of nitrogens with zero attached hydrogens (tertiary/aromatic N) is 1. The van der Waals surface area contributed by atoms with Gasteiger partial charge in [-0.3, -0.25) is 4.79 Å². The number of nitrogens with two attached hydrogens (primary N) is 1. The molecule has 1 saturated carbocycles. The molecule has 1 fully saturated rings. The molecule has 24 heavy (non-hydrogen) atoms. The summed E-state index contributed by atoms with van der Waals surface area (Å²) >= 11 is 5.88. The van der Waals surface area contributed by atoms with Crippen molar-refractivity contribution in [3.63, 3.8) is 0 Å². The Bertz CT molecular complexity index is 657. The van der Waals surface area contributed by atoms with Crippen LogP contribution in [0.3, 0.4) is 0 Å². The van der Waals surface area contributed by atoms with Gasteiger partial charge in [-0.15, -0.1) is 0 Å². The summed E-state index contributed by atoms with van der Waals surface area (Å²) in [6.07, 6.45) is 4.34. The van der Waals surface area contributed by atoms with Gasteiger partial charge < -0.3 is 10.6 Å². The normalized spacial score (nSPS) is 16.0. The second-order valence-corrected chi connectivity index (χ2v) is 9.33. The van der Waals surface area contributed by atoms with Crippen LogP contribution in [0.2, 0.25) is 5.02 Å². The minimum absolute atomic E-state index is 0.0612. The molecule has 5 nitrogen and oxygen atoms in total. The molecule has 0 saturated heterocycles. The predicted octanol–water partition coefficient (Wildman–Crippen LogP) is 1.88. The van der Waals surface area contributed by atoms with Crippen molar-refractivity contribution in [2.24, 2.45) is 11.7 Å². The Morgan fingerprint density at radius 1 is 1.33 bits per heavy atom. The number of benzene rings is 1. The van der Waals surface area contributed by atoms with Crippen LogP contribution in [0.5, 0.6) is 0 Å². The molecule has 2 N–H and O–H groups in total. The van der Waals surface area contributed by atoms with Crippen molar-refractivity contribution in [2.75, 3.05) is 25.1 Å². The summed E-state index contributed by atoms with van der Waals surface area (Å²) in [5, 5.41) is 0.687. The van der Waals surface area contributed by atoms with Gasteiger partial charge in [-0.1, -0.05) is 23.7 Å². The molecule has 0 radical (unpaired) electrons. The van der Waals surface area contributed by atoms with Crippen molar-refractivity contribution in [1.82, 2.24) is 4.90 Å². The lowest BCUT2D eigenvalue weighted by molar-refractivity contribution is -0.132. The lowest BCUT2D eigenvalue weighted by Gasteiger charge is -2.26. The fourth-order valence-corrected chi connectivity index (χ4v) is 3.33. The highest BCUT2D eigenvalue weighted by atomic mass is 35.5. The zero-order valence-corrected chi connectivity index (χ0v) is 15.5. The SMILES string of the molecule is CS(=O)(=O)CCC(N)C(=O)N(CCc1ccc(Cl)cc1)CC1CC1. The van der Waals surface area contributed by atoms with Crippen molar-refractivity contribution in [2.45, 2.75) is 31.7 Å². The Hall–Kier alpha value is -1.11. The highest BCUT2D eigenvalue weighted by Gasteiger charge is 2.29. The number of amides is 1. The summed E-state index contributed by atoms with van der Waals surface area (Å²) in [5.41, 5.74) is 7.05. The van der Waals surface area contributed by atoms with Crippen LogP contribution in [0.4, 0.5) is 0 Å². The van der Waals surface area contributed by atoms with Gasteiger partial charge >= 0.3 is 0 Å². The van der Waals surface area contributed by atoms with Gasteiger partial charge in [0.2, 0.25) is 5.91 Å². The smallest absolute Gasteiger partial charge is 0.239 e. The lowest BCUT2D eigenvalue weighted by atomic mass is 10.1. The lowest BCUT2D eigenvalue weighted by Crippen LogP contribution is -2.46. The van der Waals surface area contributed by atoms with Crippen LogP contribution in [0.15, 0.2) is 24.3 Å². The maximum atomic E-state index is 12.6. The first-order chi connectivity index (χ1) is 11.2. The third kappa shape index (κ3) is 6.79. The number of carbonyl (C=O) groups excluding carboxylic acids is 1. The van der Waals surface area contributed by atoms with Crippen LogP contribution in [0, 0.1) is 5.92 Å². The molecule has 1 aromatic carbocycles. The highest BCUT2D eigenvalue weighted by Crippen LogP contribution is 2.30. The van der Waals surface area contributed by atoms with Gasteiger partial charge in [0.25, 0.3) is 0 Å². The van der Waals surface area contributed by atoms with Gasteiger partial charge in [0.1, 0.15) is 9.84 Å². The Labute approximate surface area is 149 Å². The molecule has 1 atom stereocenters. The summed E-state index contributed by atoms with van der Waals surface area (Å²) in [7, 11) is -3.11. The van der Waals surface area contributed by atoms with E-state index in [0.29, 0.717) is 24.0 Å². The molecular weight excluding hydrogens is 348 g/mol. The van der Waals surface area contributed by atoms with Crippen molar-refractivity contribution in [1.29, 1.82) is 0 Å². The van der Waals surface area contributed by atoms with E-state index in [2.05, 4.69) is 0 Å². The standard InChI is InChI=1S/C17H25ClN2O3S/c1-24(22,23)11-9-16(19)17(21)20(12-14-2-3-14)10-8-13-4-6-15(18)7-5-13/h4-7,14,16H,2-3,8-12,19H2,1H3. The van der Waals surface area contributed by atoms with E-state index in [1.54, 1.807) is 4.90 Å². The largest absolute Gasteiger partial charge is 0.341 e. The number of halogens is 1. The van der Waals surface area contributed by atoms with Gasteiger partial charge in [0, 0.05) is 24.4 Å². The number of carbonyl (C=O) groups is 1. The van der Waals surface area contributed by atoms with E-state index in [-0.39, 0.29) is 18.1 Å². The van der Waals surface area contributed by atoms with Gasteiger partial charge in [0.05, 0.1) is 11.8 Å². The van der Waals surface area contributed by atoms with E-state index < -0.39 is 15.9 Å². The molecule has 1 unspecified atom stereocenters. The van der Waals surface area contributed by atoms with E-state index in [1.807, 2.05) is 24.3 Å². The van der Waals surface area contributed by atoms with Crippen LogP contribution in [0.25, 0.3) is 0 Å². The average molecular weight is 373 g/mol. The maximum absolute atomic E-state index is 12.6. The van der Waals surface area contributed by atoms with Gasteiger partial charge in [-0.25, -0.2) is 8.42 Å². The first-order valence-corrected chi connectivity index (χ1v) is 10.6. The van der Waals surface area contributed by atoms with Gasteiger partial charge in [0.15, 0.2) is 0 Å². The quantitative estimate of drug-likeness (QED) is 0.717. The van der Waals surface area contributed by atoms with Crippen LogP contribution in [-0.2, 0) is 21.1 Å². The second-order valence-electron chi connectivity index (χ2n) is 6.63. The molecule has 0 aliphatic heterocycles. The van der Waals surface area contributed by atoms with Crippen molar-refractivity contribution in [3.05, 3.63) is 34.9 Å². The summed E-state index contributed by atoms with van der Waals surface area (Å²) in [4.78, 5) is 14.4. The molecular formula is C17H25ClN2O3S. The Morgan fingerprint density at radius 2 is 1.96 bits per heavy atom. The molecule has 1 aromatic rings. The monoisotopic (exact) mass is 372 g/mol. The Kier molecular flexibility index (Phi) is 6.66. The molecule has 0 spiro atoms. The van der Waals surface area contributed by atoms with Crippen LogP contribution < -0.4 is 5.73 Å². The first kappa shape index (κ1) is 19.2. The Morgan fingerprint density at radius 3 is 2.50 bits per heavy atom. The van der Waals surface area contributed by atoms with Gasteiger partial charge in [-0.05, 0) is 49.3 Å². The van der Waals surface area contributed by atoms with Crippen LogP contribution in [-0.4, -0.2) is 50.4 Å². The molecule has 1 amide bonds. The molecule has 0 heterocycles. The zero-order chi connectivity index (χ0) is 17.7. The fourth-order valence-electron chi connectivity index (χ4n) is 2.52. The predicted molar refractivity (Wildman–Crippen MR) is 96.8 cm³/mol. The minimum atomic E-state index is -3.11. The molecule has 0 aromatic heterocycles. The van der Waals surface area contributed by atoms with Crippen molar-refractivity contribution in [3.8, 4) is 0 Å². The summed E-state index contributed by atoms with van der Waals surface area (Å²) in [6, 6.07) is 6.81. The summed E-state index contributed by atoms with van der Waals surface area (Å²) < 4.78 is 22.5. The molecule has 7 heteroatoms. The maximum Gasteiger partial charge on any atom is 0.239 e. The molecule has 1 aliphatic carbocycles. The number of rotatable bonds is 9. The van der Waals surface area contributed by atoms with E-state index in [4.69, 9.17) is 17.3 Å². The summed E-state index contributed by atoms with van der Waals surface area (Å²) in [6.45, 7) is 1.29. The van der Waals surface area contributed by atoms with Crippen LogP contribution in [0.1, 0.15) is 24.8 Å². The molecule has 0 bridgehead atoms. The van der Waals surface area contributed by atoms with E-state index in [0.717, 1.165) is 31.1 Å². The molecule has 134 valence electrons. The fraction of sp³-hybridized carbons (Fsp3) is 0.588.